The van der Waals surface area contributed by atoms with E-state index in [2.05, 4.69) is 11.2 Å². The summed E-state index contributed by atoms with van der Waals surface area (Å²) in [5.41, 5.74) is 1.82. The first-order chi connectivity index (χ1) is 4.16. The maximum Gasteiger partial charge on any atom is 0.329 e. The molecule has 5 heteroatoms. The zero-order valence-corrected chi connectivity index (χ0v) is 5.10. The molecular weight excluding hydrogens is 122 g/mol. The average Bonchev–Trinajstić information content (AvgIpc) is 1.83. The molecule has 0 atom stereocenters. The molecule has 9 heavy (non-hydrogen) atoms. The Morgan fingerprint density at radius 3 is 2.44 bits per heavy atom. The Labute approximate surface area is 52.6 Å². The van der Waals surface area contributed by atoms with Crippen LogP contribution < -0.4 is 16.6 Å². The highest BCUT2D eigenvalue weighted by molar-refractivity contribution is 5.83. The fraction of sp³-hybridized carbons (Fsp3) is 0.500. The maximum atomic E-state index is 10.2. The van der Waals surface area contributed by atoms with Crippen LogP contribution in [0.4, 0.5) is 4.79 Å². The molecule has 0 heterocycles. The number of Topliss-reactive ketones (excluding diaryl/α,β-unsaturated/α-hetero) is 1. The molecule has 0 fully saturated rings. The normalized spacial score (nSPS) is 8.22. The zero-order valence-electron chi connectivity index (χ0n) is 5.10. The number of urea groups is 1. The van der Waals surface area contributed by atoms with E-state index < -0.39 is 6.03 Å². The van der Waals surface area contributed by atoms with Crippen LogP contribution in [0.1, 0.15) is 6.92 Å². The summed E-state index contributed by atoms with van der Waals surface area (Å²) in [5, 5.41) is 2.21. The highest BCUT2D eigenvalue weighted by Crippen LogP contribution is 1.63. The van der Waals surface area contributed by atoms with Gasteiger partial charge < -0.3 is 5.32 Å². The van der Waals surface area contributed by atoms with Gasteiger partial charge in [-0.2, -0.15) is 0 Å². The molecule has 0 aromatic carbocycles. The number of nitrogens with one attached hydrogen (secondary N) is 2. The molecular formula is C4H9N3O2. The summed E-state index contributed by atoms with van der Waals surface area (Å²) >= 11 is 0. The van der Waals surface area contributed by atoms with Gasteiger partial charge in [0.2, 0.25) is 0 Å². The van der Waals surface area contributed by atoms with E-state index in [1.54, 1.807) is 0 Å². The quantitative estimate of drug-likeness (QED) is 0.248. The number of hydrogen-bond acceptors (Lipinski definition) is 3. The molecule has 0 aliphatic carbocycles. The molecule has 0 spiro atoms. The summed E-state index contributed by atoms with van der Waals surface area (Å²) in [5.74, 6) is 4.57. The van der Waals surface area contributed by atoms with Crippen molar-refractivity contribution in [3.8, 4) is 0 Å². The molecule has 0 aromatic heterocycles. The van der Waals surface area contributed by atoms with Crippen molar-refractivity contribution in [3.05, 3.63) is 0 Å². The Morgan fingerprint density at radius 2 is 2.11 bits per heavy atom. The number of rotatable bonds is 2. The SMILES string of the molecule is CC(=O)CNC(=O)NN. The van der Waals surface area contributed by atoms with E-state index in [0.29, 0.717) is 0 Å². The number of amides is 2. The van der Waals surface area contributed by atoms with Crippen molar-refractivity contribution in [1.29, 1.82) is 0 Å². The lowest BCUT2D eigenvalue weighted by Crippen LogP contribution is -2.41. The Kier molecular flexibility index (Phi) is 3.38. The predicted octanol–water partition coefficient (Wildman–Crippen LogP) is -1.25. The second-order valence-corrected chi connectivity index (χ2v) is 1.53. The third kappa shape index (κ3) is 4.76. The van der Waals surface area contributed by atoms with Crippen molar-refractivity contribution < 1.29 is 9.59 Å². The molecule has 0 aromatic rings. The fourth-order valence-corrected chi connectivity index (χ4v) is 0.256. The Balaban J connectivity index is 3.28. The number of nitrogens with two attached hydrogens (primary N) is 1. The van der Waals surface area contributed by atoms with Gasteiger partial charge in [-0.3, -0.25) is 10.2 Å². The van der Waals surface area contributed by atoms with E-state index in [-0.39, 0.29) is 12.3 Å². The number of hydrogen-bond donors (Lipinski definition) is 3. The summed E-state index contributed by atoms with van der Waals surface area (Å²) in [6, 6.07) is -0.551. The van der Waals surface area contributed by atoms with Gasteiger partial charge in [-0.1, -0.05) is 0 Å². The van der Waals surface area contributed by atoms with E-state index in [9.17, 15) is 9.59 Å². The molecule has 0 aliphatic heterocycles. The Hall–Kier alpha value is -1.10. The van der Waals surface area contributed by atoms with Crippen LogP contribution in [-0.4, -0.2) is 18.4 Å². The zero-order chi connectivity index (χ0) is 7.28. The first-order valence-corrected chi connectivity index (χ1v) is 2.40. The van der Waals surface area contributed by atoms with E-state index in [1.165, 1.54) is 6.92 Å². The van der Waals surface area contributed by atoms with Gasteiger partial charge in [0.25, 0.3) is 0 Å². The molecule has 4 N–H and O–H groups in total. The monoisotopic (exact) mass is 131 g/mol. The largest absolute Gasteiger partial charge is 0.330 e. The number of ketones is 1. The molecule has 0 saturated carbocycles. The molecule has 5 nitrogen and oxygen atoms in total. The molecule has 2 amide bonds. The van der Waals surface area contributed by atoms with E-state index in [1.807, 2.05) is 5.43 Å². The summed E-state index contributed by atoms with van der Waals surface area (Å²) in [7, 11) is 0. The summed E-state index contributed by atoms with van der Waals surface area (Å²) in [4.78, 5) is 20.4. The number of carbonyl (C=O) groups excluding carboxylic acids is 2. The van der Waals surface area contributed by atoms with Gasteiger partial charge in [-0.25, -0.2) is 10.6 Å². The van der Waals surface area contributed by atoms with Gasteiger partial charge in [0.1, 0.15) is 5.78 Å². The highest BCUT2D eigenvalue weighted by atomic mass is 16.2. The summed E-state index contributed by atoms with van der Waals surface area (Å²) in [6.45, 7) is 1.39. The van der Waals surface area contributed by atoms with E-state index in [4.69, 9.17) is 0 Å². The van der Waals surface area contributed by atoms with Crippen LogP contribution in [0, 0.1) is 0 Å². The standard InChI is InChI=1S/C4H9N3O2/c1-3(8)2-6-4(9)7-5/h2,5H2,1H3,(H2,6,7,9). The number of carbonyl (C=O) groups is 2. The van der Waals surface area contributed by atoms with Gasteiger partial charge in [0, 0.05) is 0 Å². The first-order valence-electron chi connectivity index (χ1n) is 2.40. The van der Waals surface area contributed by atoms with E-state index >= 15 is 0 Å². The van der Waals surface area contributed by atoms with Crippen molar-refractivity contribution in [3.63, 3.8) is 0 Å². The molecule has 0 bridgehead atoms. The van der Waals surface area contributed by atoms with Gasteiger partial charge >= 0.3 is 6.03 Å². The minimum absolute atomic E-state index is 0.0169. The Morgan fingerprint density at radius 1 is 1.56 bits per heavy atom. The van der Waals surface area contributed by atoms with Crippen LogP contribution in [0.3, 0.4) is 0 Å². The minimum atomic E-state index is -0.551. The predicted molar refractivity (Wildman–Crippen MR) is 31.4 cm³/mol. The van der Waals surface area contributed by atoms with Crippen molar-refractivity contribution >= 4 is 11.8 Å². The second kappa shape index (κ2) is 3.85. The highest BCUT2D eigenvalue weighted by Gasteiger charge is 1.95. The molecule has 0 aliphatic rings. The third-order valence-corrected chi connectivity index (χ3v) is 0.629. The van der Waals surface area contributed by atoms with Crippen LogP contribution >= 0.6 is 0 Å². The van der Waals surface area contributed by atoms with Crippen LogP contribution in [0.25, 0.3) is 0 Å². The molecule has 0 unspecified atom stereocenters. The number of hydrazine groups is 1. The smallest absolute Gasteiger partial charge is 0.329 e. The second-order valence-electron chi connectivity index (χ2n) is 1.53. The van der Waals surface area contributed by atoms with Crippen molar-refractivity contribution in [2.24, 2.45) is 5.84 Å². The lowest BCUT2D eigenvalue weighted by atomic mass is 10.4. The van der Waals surface area contributed by atoms with Gasteiger partial charge in [-0.05, 0) is 6.92 Å². The molecule has 52 valence electrons. The van der Waals surface area contributed by atoms with Crippen LogP contribution in [0.5, 0.6) is 0 Å². The fourth-order valence-electron chi connectivity index (χ4n) is 0.256. The average molecular weight is 131 g/mol. The van der Waals surface area contributed by atoms with Crippen LogP contribution in [0.2, 0.25) is 0 Å². The molecule has 0 saturated heterocycles. The van der Waals surface area contributed by atoms with Crippen molar-refractivity contribution in [2.45, 2.75) is 6.92 Å². The van der Waals surface area contributed by atoms with Gasteiger partial charge in [0.05, 0.1) is 6.54 Å². The van der Waals surface area contributed by atoms with Crippen molar-refractivity contribution in [2.75, 3.05) is 6.54 Å². The van der Waals surface area contributed by atoms with Gasteiger partial charge in [-0.15, -0.1) is 0 Å². The van der Waals surface area contributed by atoms with Crippen molar-refractivity contribution in [1.82, 2.24) is 10.7 Å². The summed E-state index contributed by atoms with van der Waals surface area (Å²) < 4.78 is 0. The first kappa shape index (κ1) is 7.90. The molecule has 0 rings (SSSR count). The maximum absolute atomic E-state index is 10.2. The lowest BCUT2D eigenvalue weighted by molar-refractivity contribution is -0.116. The lowest BCUT2D eigenvalue weighted by Gasteiger charge is -1.98. The molecule has 0 radical (unpaired) electrons. The van der Waals surface area contributed by atoms with Crippen LogP contribution in [-0.2, 0) is 4.79 Å². The summed E-state index contributed by atoms with van der Waals surface area (Å²) in [6.07, 6.45) is 0. The van der Waals surface area contributed by atoms with Gasteiger partial charge in [0.15, 0.2) is 0 Å². The minimum Gasteiger partial charge on any atom is -0.330 e. The van der Waals surface area contributed by atoms with Crippen LogP contribution in [0.15, 0.2) is 0 Å². The Bertz CT molecular complexity index is 123. The topological polar surface area (TPSA) is 84.2 Å². The van der Waals surface area contributed by atoms with E-state index in [0.717, 1.165) is 0 Å². The third-order valence-electron chi connectivity index (χ3n) is 0.629.